The summed E-state index contributed by atoms with van der Waals surface area (Å²) in [5, 5.41) is 22.5. The van der Waals surface area contributed by atoms with Crippen molar-refractivity contribution in [2.75, 3.05) is 24.2 Å². The van der Waals surface area contributed by atoms with E-state index < -0.39 is 8.32 Å². The fourth-order valence-corrected chi connectivity index (χ4v) is 5.32. The predicted molar refractivity (Wildman–Crippen MR) is 145 cm³/mol. The van der Waals surface area contributed by atoms with E-state index in [9.17, 15) is 5.26 Å². The molecule has 0 aromatic carbocycles. The average Bonchev–Trinajstić information content (AvgIpc) is 3.29. The van der Waals surface area contributed by atoms with Crippen molar-refractivity contribution in [3.63, 3.8) is 0 Å². The van der Waals surface area contributed by atoms with Crippen molar-refractivity contribution in [1.29, 1.82) is 5.26 Å². The zero-order chi connectivity index (χ0) is 26.3. The number of nitrogens with two attached hydrogens (primary N) is 1. The van der Waals surface area contributed by atoms with Crippen molar-refractivity contribution < 1.29 is 4.43 Å². The number of anilines is 2. The van der Waals surface area contributed by atoms with Gasteiger partial charge in [-0.1, -0.05) is 27.7 Å². The molecule has 0 amide bonds. The van der Waals surface area contributed by atoms with Crippen molar-refractivity contribution >= 4 is 25.6 Å². The summed E-state index contributed by atoms with van der Waals surface area (Å²) in [5.41, 5.74) is 10.4. The van der Waals surface area contributed by atoms with E-state index >= 15 is 0 Å². The molecule has 194 valence electrons. The van der Waals surface area contributed by atoms with Crippen LogP contribution in [0.5, 0.6) is 0 Å². The van der Waals surface area contributed by atoms with Gasteiger partial charge in [0.25, 0.3) is 0 Å². The Morgan fingerprint density at radius 2 is 2.00 bits per heavy atom. The van der Waals surface area contributed by atoms with Crippen molar-refractivity contribution in [3.8, 4) is 6.07 Å². The highest BCUT2D eigenvalue weighted by Gasteiger charge is 2.46. The maximum Gasteiger partial charge on any atom is 0.192 e. The van der Waals surface area contributed by atoms with E-state index in [0.29, 0.717) is 29.4 Å². The van der Waals surface area contributed by atoms with Gasteiger partial charge in [-0.25, -0.2) is 4.98 Å². The number of nitrogens with one attached hydrogen (secondary N) is 1. The lowest BCUT2D eigenvalue weighted by molar-refractivity contribution is 0.193. The molecule has 4 rings (SSSR count). The molecular weight excluding hydrogens is 468 g/mol. The summed E-state index contributed by atoms with van der Waals surface area (Å²) in [6.45, 7) is 17.8. The maximum absolute atomic E-state index is 9.69. The minimum atomic E-state index is -1.75. The van der Waals surface area contributed by atoms with Crippen LogP contribution in [0, 0.1) is 23.7 Å². The molecule has 0 aliphatic heterocycles. The second-order valence-corrected chi connectivity index (χ2v) is 16.5. The van der Waals surface area contributed by atoms with Crippen molar-refractivity contribution in [2.24, 2.45) is 5.41 Å². The smallest absolute Gasteiger partial charge is 0.192 e. The summed E-state index contributed by atoms with van der Waals surface area (Å²) in [6, 6.07) is 4.25. The Hall–Kier alpha value is -2.90. The molecule has 9 nitrogen and oxygen atoms in total. The van der Waals surface area contributed by atoms with E-state index in [-0.39, 0.29) is 10.5 Å². The molecule has 3 heterocycles. The Bertz CT molecular complexity index is 1290. The number of fused-ring (bicyclic) bond motifs is 1. The highest BCUT2D eigenvalue weighted by molar-refractivity contribution is 6.74. The van der Waals surface area contributed by atoms with Gasteiger partial charge in [-0.05, 0) is 50.4 Å². The van der Waals surface area contributed by atoms with Gasteiger partial charge in [0.2, 0.25) is 0 Å². The summed E-state index contributed by atoms with van der Waals surface area (Å²) in [7, 11) is -1.75. The highest BCUT2D eigenvalue weighted by atomic mass is 28.4. The molecule has 1 fully saturated rings. The number of nitrogen functional groups attached to an aromatic ring is 1. The monoisotopic (exact) mass is 508 g/mol. The third-order valence-electron chi connectivity index (χ3n) is 7.93. The lowest BCUT2D eigenvalue weighted by Gasteiger charge is -2.37. The molecule has 0 saturated heterocycles. The Morgan fingerprint density at radius 1 is 1.28 bits per heavy atom. The third-order valence-corrected chi connectivity index (χ3v) is 12.4. The lowest BCUT2D eigenvalue weighted by atomic mass is 10.1. The van der Waals surface area contributed by atoms with Crippen molar-refractivity contribution in [2.45, 2.75) is 85.0 Å². The molecule has 0 atom stereocenters. The Balaban J connectivity index is 1.38. The van der Waals surface area contributed by atoms with Gasteiger partial charge < -0.3 is 15.5 Å². The molecule has 0 bridgehead atoms. The first-order chi connectivity index (χ1) is 16.9. The molecule has 0 spiro atoms. The van der Waals surface area contributed by atoms with Gasteiger partial charge in [0.15, 0.2) is 14.0 Å². The summed E-state index contributed by atoms with van der Waals surface area (Å²) in [5.74, 6) is 0.808. The van der Waals surface area contributed by atoms with Gasteiger partial charge in [-0.2, -0.15) is 20.0 Å². The number of aromatic nitrogens is 5. The standard InChI is InChI=1S/C26H40N8OSi/c1-8-20-18(2)31-34-22(28)21(15-27)23(30-24(20)34)29-13-9-19-10-14-33(32-19)16-26(11-12-26)17-35-36(6,7)25(3,4)5/h10,14H,8-9,11-13,16-17,28H2,1-7H3,(H,29,30). The highest BCUT2D eigenvalue weighted by Crippen LogP contribution is 2.49. The molecule has 1 saturated carbocycles. The first kappa shape index (κ1) is 26.2. The van der Waals surface area contributed by atoms with Gasteiger partial charge in [-0.15, -0.1) is 0 Å². The fraction of sp³-hybridized carbons (Fsp3) is 0.615. The molecular formula is C26H40N8OSi. The molecule has 0 unspecified atom stereocenters. The van der Waals surface area contributed by atoms with Crippen molar-refractivity contribution in [1.82, 2.24) is 24.4 Å². The number of hydrogen-bond donors (Lipinski definition) is 2. The maximum atomic E-state index is 9.69. The second-order valence-electron chi connectivity index (χ2n) is 11.7. The van der Waals surface area contributed by atoms with Crippen LogP contribution in [-0.4, -0.2) is 45.8 Å². The molecule has 0 radical (unpaired) electrons. The lowest BCUT2D eigenvalue weighted by Crippen LogP contribution is -2.42. The molecule has 3 N–H and O–H groups in total. The quantitative estimate of drug-likeness (QED) is 0.381. The summed E-state index contributed by atoms with van der Waals surface area (Å²) in [4.78, 5) is 4.70. The van der Waals surface area contributed by atoms with Crippen LogP contribution >= 0.6 is 0 Å². The van der Waals surface area contributed by atoms with E-state index in [4.69, 9.17) is 20.2 Å². The Labute approximate surface area is 215 Å². The Morgan fingerprint density at radius 3 is 2.61 bits per heavy atom. The van der Waals surface area contributed by atoms with Crippen LogP contribution in [0.3, 0.4) is 0 Å². The minimum absolute atomic E-state index is 0.218. The SMILES string of the molecule is CCc1c(C)nn2c(N)c(C#N)c(NCCc3ccn(CC4(CO[Si](C)(C)C(C)(C)C)CC4)n3)nc12. The molecule has 36 heavy (non-hydrogen) atoms. The van der Waals surface area contributed by atoms with Crippen LogP contribution in [0.1, 0.15) is 63.1 Å². The predicted octanol–water partition coefficient (Wildman–Crippen LogP) is 4.71. The molecule has 10 heteroatoms. The van der Waals surface area contributed by atoms with E-state index in [1.165, 1.54) is 12.8 Å². The number of aryl methyl sites for hydroxylation is 2. The Kier molecular flexibility index (Phi) is 6.92. The van der Waals surface area contributed by atoms with Gasteiger partial charge in [0.05, 0.1) is 11.4 Å². The first-order valence-electron chi connectivity index (χ1n) is 12.9. The zero-order valence-corrected chi connectivity index (χ0v) is 23.8. The average molecular weight is 509 g/mol. The number of hydrogen-bond acceptors (Lipinski definition) is 7. The van der Waals surface area contributed by atoms with E-state index in [0.717, 1.165) is 42.9 Å². The van der Waals surface area contributed by atoms with E-state index in [1.807, 2.05) is 6.92 Å². The van der Waals surface area contributed by atoms with Gasteiger partial charge in [0.1, 0.15) is 23.3 Å². The van der Waals surface area contributed by atoms with Gasteiger partial charge in [-0.3, -0.25) is 4.68 Å². The third kappa shape index (κ3) is 5.13. The first-order valence-corrected chi connectivity index (χ1v) is 15.8. The van der Waals surface area contributed by atoms with Crippen LogP contribution in [0.2, 0.25) is 18.1 Å². The van der Waals surface area contributed by atoms with E-state index in [1.54, 1.807) is 4.52 Å². The summed E-state index contributed by atoms with van der Waals surface area (Å²) >= 11 is 0. The number of rotatable bonds is 10. The minimum Gasteiger partial charge on any atom is -0.416 e. The molecule has 3 aromatic rings. The summed E-state index contributed by atoms with van der Waals surface area (Å²) < 4.78 is 10.2. The molecule has 1 aliphatic rings. The van der Waals surface area contributed by atoms with Crippen LogP contribution in [0.4, 0.5) is 11.6 Å². The van der Waals surface area contributed by atoms with Crippen LogP contribution < -0.4 is 11.1 Å². The van der Waals surface area contributed by atoms with E-state index in [2.05, 4.69) is 74.2 Å². The van der Waals surface area contributed by atoms with Crippen LogP contribution in [0.15, 0.2) is 12.3 Å². The molecule has 1 aliphatic carbocycles. The zero-order valence-electron chi connectivity index (χ0n) is 22.8. The van der Waals surface area contributed by atoms with Crippen LogP contribution in [0.25, 0.3) is 5.65 Å². The number of nitrogens with zero attached hydrogens (tertiary/aromatic N) is 6. The van der Waals surface area contributed by atoms with Gasteiger partial charge >= 0.3 is 0 Å². The molecule has 3 aromatic heterocycles. The summed E-state index contributed by atoms with van der Waals surface area (Å²) in [6.07, 6.45) is 5.97. The van der Waals surface area contributed by atoms with Gasteiger partial charge in [0, 0.05) is 43.3 Å². The normalized spacial score (nSPS) is 15.3. The largest absolute Gasteiger partial charge is 0.416 e. The van der Waals surface area contributed by atoms with Crippen molar-refractivity contribution in [3.05, 3.63) is 34.8 Å². The number of nitriles is 1. The van der Waals surface area contributed by atoms with Crippen LogP contribution in [-0.2, 0) is 23.8 Å². The topological polar surface area (TPSA) is 119 Å². The fourth-order valence-electron chi connectivity index (χ4n) is 4.22. The second kappa shape index (κ2) is 9.52.